The zero-order valence-corrected chi connectivity index (χ0v) is 13.3. The van der Waals surface area contributed by atoms with Gasteiger partial charge < -0.3 is 20.2 Å². The Kier molecular flexibility index (Phi) is 8.96. The lowest BCUT2D eigenvalue weighted by atomic mass is 10.2. The van der Waals surface area contributed by atoms with Crippen LogP contribution >= 0.6 is 0 Å². The first-order valence-corrected chi connectivity index (χ1v) is 7.17. The predicted octanol–water partition coefficient (Wildman–Crippen LogP) is 1.61. The topological polar surface area (TPSA) is 72.9 Å². The molecular formula is C14H29N3O3. The summed E-state index contributed by atoms with van der Waals surface area (Å²) in [6, 6.07) is 0.0483. The number of hydrogen-bond donors (Lipinski definition) is 2. The second-order valence-corrected chi connectivity index (χ2v) is 5.73. The summed E-state index contributed by atoms with van der Waals surface area (Å²) in [5.74, 6) is -0.825. The van der Waals surface area contributed by atoms with Crippen molar-refractivity contribution < 1.29 is 14.7 Å². The van der Waals surface area contributed by atoms with Crippen molar-refractivity contribution in [1.29, 1.82) is 0 Å². The molecule has 0 saturated heterocycles. The van der Waals surface area contributed by atoms with Crippen LogP contribution in [0, 0.1) is 0 Å². The van der Waals surface area contributed by atoms with Crippen LogP contribution in [0.2, 0.25) is 0 Å². The Hall–Kier alpha value is -1.30. The van der Waals surface area contributed by atoms with Gasteiger partial charge in [-0.2, -0.15) is 0 Å². The molecule has 1 atom stereocenters. The van der Waals surface area contributed by atoms with Gasteiger partial charge in [-0.15, -0.1) is 0 Å². The third-order valence-electron chi connectivity index (χ3n) is 3.05. The first-order valence-electron chi connectivity index (χ1n) is 7.17. The van der Waals surface area contributed by atoms with E-state index in [1.807, 2.05) is 34.9 Å². The number of amides is 2. The number of carbonyl (C=O) groups is 2. The minimum atomic E-state index is -0.825. The lowest BCUT2D eigenvalue weighted by Gasteiger charge is -2.28. The molecule has 0 saturated carbocycles. The van der Waals surface area contributed by atoms with Crippen molar-refractivity contribution in [3.8, 4) is 0 Å². The summed E-state index contributed by atoms with van der Waals surface area (Å²) in [5, 5.41) is 11.6. The van der Waals surface area contributed by atoms with Crippen LogP contribution in [0.3, 0.4) is 0 Å². The quantitative estimate of drug-likeness (QED) is 0.676. The molecule has 0 aliphatic rings. The average Bonchev–Trinajstić information content (AvgIpc) is 2.31. The van der Waals surface area contributed by atoms with Gasteiger partial charge in [0.25, 0.3) is 0 Å². The number of urea groups is 1. The summed E-state index contributed by atoms with van der Waals surface area (Å²) in [6.45, 7) is 7.24. The normalized spacial score (nSPS) is 12.6. The number of nitrogens with one attached hydrogen (secondary N) is 1. The van der Waals surface area contributed by atoms with E-state index in [1.54, 1.807) is 4.90 Å². The summed E-state index contributed by atoms with van der Waals surface area (Å²) < 4.78 is 0. The van der Waals surface area contributed by atoms with Crippen LogP contribution in [0.15, 0.2) is 0 Å². The molecule has 0 heterocycles. The van der Waals surface area contributed by atoms with Crippen LogP contribution in [0.25, 0.3) is 0 Å². The van der Waals surface area contributed by atoms with Crippen LogP contribution in [-0.4, -0.2) is 66.2 Å². The highest BCUT2D eigenvalue weighted by Crippen LogP contribution is 2.04. The van der Waals surface area contributed by atoms with E-state index in [-0.39, 0.29) is 24.5 Å². The van der Waals surface area contributed by atoms with Gasteiger partial charge in [0.15, 0.2) is 0 Å². The number of hydrogen-bond acceptors (Lipinski definition) is 3. The Balaban J connectivity index is 4.24. The summed E-state index contributed by atoms with van der Waals surface area (Å²) >= 11 is 0. The van der Waals surface area contributed by atoms with Crippen molar-refractivity contribution in [2.24, 2.45) is 0 Å². The molecule has 1 unspecified atom stereocenters. The maximum Gasteiger partial charge on any atom is 0.317 e. The lowest BCUT2D eigenvalue weighted by molar-refractivity contribution is -0.137. The number of nitrogens with zero attached hydrogens (tertiary/aromatic N) is 2. The fraction of sp³-hybridized carbons (Fsp3) is 0.857. The number of carboxylic acid groups (broad SMARTS) is 1. The van der Waals surface area contributed by atoms with Crippen molar-refractivity contribution in [1.82, 2.24) is 15.1 Å². The highest BCUT2D eigenvalue weighted by molar-refractivity contribution is 5.75. The Morgan fingerprint density at radius 1 is 1.15 bits per heavy atom. The van der Waals surface area contributed by atoms with Crippen molar-refractivity contribution in [2.75, 3.05) is 27.2 Å². The predicted molar refractivity (Wildman–Crippen MR) is 79.9 cm³/mol. The van der Waals surface area contributed by atoms with Crippen molar-refractivity contribution in [2.45, 2.75) is 52.1 Å². The van der Waals surface area contributed by atoms with Gasteiger partial charge in [-0.3, -0.25) is 4.79 Å². The standard InChI is InChI=1S/C14H29N3O3/c1-11(2)17(9-6-7-13(18)19)14(20)15-12(3)8-10-16(4)5/h11-12H,6-10H2,1-5H3,(H,15,20)(H,18,19). The molecular weight excluding hydrogens is 258 g/mol. The second-order valence-electron chi connectivity index (χ2n) is 5.73. The van der Waals surface area contributed by atoms with E-state index >= 15 is 0 Å². The molecule has 0 spiro atoms. The molecule has 2 amide bonds. The van der Waals surface area contributed by atoms with Gasteiger partial charge in [0.05, 0.1) is 0 Å². The number of aliphatic carboxylic acids is 1. The summed E-state index contributed by atoms with van der Waals surface area (Å²) in [4.78, 5) is 26.5. The van der Waals surface area contributed by atoms with Crippen LogP contribution in [-0.2, 0) is 4.79 Å². The van der Waals surface area contributed by atoms with Gasteiger partial charge in [-0.25, -0.2) is 4.79 Å². The van der Waals surface area contributed by atoms with E-state index in [9.17, 15) is 9.59 Å². The fourth-order valence-corrected chi connectivity index (χ4v) is 1.81. The largest absolute Gasteiger partial charge is 0.481 e. The minimum Gasteiger partial charge on any atom is -0.481 e. The second kappa shape index (κ2) is 9.58. The lowest BCUT2D eigenvalue weighted by Crippen LogP contribution is -2.47. The van der Waals surface area contributed by atoms with E-state index in [0.29, 0.717) is 13.0 Å². The molecule has 0 aromatic rings. The third-order valence-corrected chi connectivity index (χ3v) is 3.05. The molecule has 0 aromatic carbocycles. The SMILES string of the molecule is CC(CCN(C)C)NC(=O)N(CCCC(=O)O)C(C)C. The van der Waals surface area contributed by atoms with E-state index in [0.717, 1.165) is 13.0 Å². The molecule has 6 heteroatoms. The van der Waals surface area contributed by atoms with Crippen LogP contribution < -0.4 is 5.32 Å². The van der Waals surface area contributed by atoms with Crippen LogP contribution in [0.1, 0.15) is 40.0 Å². The van der Waals surface area contributed by atoms with E-state index in [1.165, 1.54) is 0 Å². The van der Waals surface area contributed by atoms with Crippen molar-refractivity contribution in [3.05, 3.63) is 0 Å². The van der Waals surface area contributed by atoms with Gasteiger partial charge >= 0.3 is 12.0 Å². The van der Waals surface area contributed by atoms with Gasteiger partial charge in [0.1, 0.15) is 0 Å². The van der Waals surface area contributed by atoms with Crippen LogP contribution in [0.5, 0.6) is 0 Å². The highest BCUT2D eigenvalue weighted by atomic mass is 16.4. The van der Waals surface area contributed by atoms with Gasteiger partial charge in [0, 0.05) is 25.0 Å². The number of carboxylic acids is 1. The monoisotopic (exact) mass is 287 g/mol. The Bertz CT molecular complexity index is 306. The Morgan fingerprint density at radius 2 is 1.75 bits per heavy atom. The summed E-state index contributed by atoms with van der Waals surface area (Å²) in [7, 11) is 4.00. The fourth-order valence-electron chi connectivity index (χ4n) is 1.81. The van der Waals surface area contributed by atoms with Gasteiger partial charge in [-0.05, 0) is 54.3 Å². The zero-order valence-electron chi connectivity index (χ0n) is 13.3. The molecule has 0 radical (unpaired) electrons. The maximum atomic E-state index is 12.2. The Morgan fingerprint density at radius 3 is 2.20 bits per heavy atom. The van der Waals surface area contributed by atoms with E-state index in [2.05, 4.69) is 10.2 Å². The Labute approximate surface area is 122 Å². The first kappa shape index (κ1) is 18.7. The molecule has 0 aliphatic heterocycles. The third kappa shape index (κ3) is 8.74. The molecule has 0 fully saturated rings. The van der Waals surface area contributed by atoms with E-state index < -0.39 is 5.97 Å². The maximum absolute atomic E-state index is 12.2. The van der Waals surface area contributed by atoms with Gasteiger partial charge in [-0.1, -0.05) is 0 Å². The van der Waals surface area contributed by atoms with E-state index in [4.69, 9.17) is 5.11 Å². The number of carbonyl (C=O) groups excluding carboxylic acids is 1. The molecule has 20 heavy (non-hydrogen) atoms. The highest BCUT2D eigenvalue weighted by Gasteiger charge is 2.18. The molecule has 0 aromatic heterocycles. The minimum absolute atomic E-state index is 0.0600. The zero-order chi connectivity index (χ0) is 15.7. The van der Waals surface area contributed by atoms with Gasteiger partial charge in [0.2, 0.25) is 0 Å². The molecule has 118 valence electrons. The smallest absolute Gasteiger partial charge is 0.317 e. The molecule has 0 aliphatic carbocycles. The van der Waals surface area contributed by atoms with Crippen molar-refractivity contribution >= 4 is 12.0 Å². The molecule has 0 rings (SSSR count). The summed E-state index contributed by atoms with van der Waals surface area (Å²) in [6.07, 6.45) is 1.46. The first-order chi connectivity index (χ1) is 9.23. The molecule has 6 nitrogen and oxygen atoms in total. The van der Waals surface area contributed by atoms with Crippen molar-refractivity contribution in [3.63, 3.8) is 0 Å². The summed E-state index contributed by atoms with van der Waals surface area (Å²) in [5.41, 5.74) is 0. The number of rotatable bonds is 9. The molecule has 2 N–H and O–H groups in total. The molecule has 0 bridgehead atoms. The van der Waals surface area contributed by atoms with Crippen LogP contribution in [0.4, 0.5) is 4.79 Å². The average molecular weight is 287 g/mol.